The molecule has 0 amide bonds. The molecule has 0 aliphatic heterocycles. The molecule has 0 saturated carbocycles. The zero-order valence-electron chi connectivity index (χ0n) is 9.33. The van der Waals surface area contributed by atoms with Crippen LogP contribution in [0.15, 0.2) is 36.7 Å². The van der Waals surface area contributed by atoms with Crippen LogP contribution in [-0.4, -0.2) is 17.0 Å². The highest BCUT2D eigenvalue weighted by Crippen LogP contribution is 2.21. The van der Waals surface area contributed by atoms with Crippen molar-refractivity contribution in [2.24, 2.45) is 0 Å². The fraction of sp³-hybridized carbons (Fsp3) is 0.0833. The van der Waals surface area contributed by atoms with Gasteiger partial charge in [0.2, 0.25) is 0 Å². The molecule has 0 aliphatic rings. The third-order valence-electron chi connectivity index (χ3n) is 2.39. The molecule has 17 heavy (non-hydrogen) atoms. The van der Waals surface area contributed by atoms with Crippen molar-refractivity contribution in [3.05, 3.63) is 42.2 Å². The molecule has 1 aromatic carbocycles. The number of aromatic nitrogens is 2. The largest absolute Gasteiger partial charge is 0.382 e. The lowest BCUT2D eigenvalue weighted by Crippen LogP contribution is -2.11. The number of benzene rings is 1. The number of nitrogen functional groups attached to an aromatic ring is 1. The van der Waals surface area contributed by atoms with Crippen LogP contribution in [0.4, 0.5) is 17.3 Å². The molecular formula is C12H11N5. The van der Waals surface area contributed by atoms with E-state index in [-0.39, 0.29) is 0 Å². The van der Waals surface area contributed by atoms with Crippen LogP contribution in [0.25, 0.3) is 0 Å². The smallest absolute Gasteiger partial charge is 0.151 e. The van der Waals surface area contributed by atoms with Gasteiger partial charge in [0.15, 0.2) is 5.82 Å². The van der Waals surface area contributed by atoms with Crippen molar-refractivity contribution < 1.29 is 0 Å². The van der Waals surface area contributed by atoms with E-state index in [2.05, 4.69) is 16.0 Å². The number of rotatable bonds is 2. The van der Waals surface area contributed by atoms with Crippen LogP contribution >= 0.6 is 0 Å². The van der Waals surface area contributed by atoms with Crippen LogP contribution in [0.1, 0.15) is 5.56 Å². The Morgan fingerprint density at radius 1 is 1.18 bits per heavy atom. The molecule has 2 N–H and O–H groups in total. The Bertz CT molecular complexity index is 539. The first-order valence-corrected chi connectivity index (χ1v) is 5.02. The number of hydrogen-bond donors (Lipinski definition) is 1. The SMILES string of the molecule is CN(c1ccc(C#N)cc1)c1cnc(N)cn1. The predicted octanol–water partition coefficient (Wildman–Crippen LogP) is 1.70. The zero-order chi connectivity index (χ0) is 12.3. The van der Waals surface area contributed by atoms with E-state index in [9.17, 15) is 0 Å². The number of hydrogen-bond acceptors (Lipinski definition) is 5. The van der Waals surface area contributed by atoms with E-state index in [0.717, 1.165) is 5.69 Å². The third-order valence-corrected chi connectivity index (χ3v) is 2.39. The van der Waals surface area contributed by atoms with Crippen molar-refractivity contribution in [2.45, 2.75) is 0 Å². The minimum atomic E-state index is 0.391. The Morgan fingerprint density at radius 3 is 2.41 bits per heavy atom. The lowest BCUT2D eigenvalue weighted by Gasteiger charge is -2.17. The summed E-state index contributed by atoms with van der Waals surface area (Å²) in [7, 11) is 1.88. The monoisotopic (exact) mass is 225 g/mol. The minimum Gasteiger partial charge on any atom is -0.382 e. The van der Waals surface area contributed by atoms with E-state index < -0.39 is 0 Å². The topological polar surface area (TPSA) is 78.8 Å². The van der Waals surface area contributed by atoms with Crippen molar-refractivity contribution in [3.63, 3.8) is 0 Å². The van der Waals surface area contributed by atoms with Gasteiger partial charge < -0.3 is 10.6 Å². The second-order valence-electron chi connectivity index (χ2n) is 3.52. The van der Waals surface area contributed by atoms with Crippen molar-refractivity contribution in [1.82, 2.24) is 9.97 Å². The number of nitrogens with zero attached hydrogens (tertiary/aromatic N) is 4. The Labute approximate surface area is 99.1 Å². The Kier molecular flexibility index (Phi) is 2.88. The van der Waals surface area contributed by atoms with Gasteiger partial charge in [0.05, 0.1) is 24.0 Å². The van der Waals surface area contributed by atoms with Gasteiger partial charge in [0.25, 0.3) is 0 Å². The molecule has 1 heterocycles. The molecule has 0 unspecified atom stereocenters. The fourth-order valence-electron chi connectivity index (χ4n) is 1.40. The van der Waals surface area contributed by atoms with Crippen LogP contribution in [0.2, 0.25) is 0 Å². The van der Waals surface area contributed by atoms with Crippen LogP contribution < -0.4 is 10.6 Å². The quantitative estimate of drug-likeness (QED) is 0.841. The van der Waals surface area contributed by atoms with Gasteiger partial charge in [-0.15, -0.1) is 0 Å². The maximum absolute atomic E-state index is 8.71. The van der Waals surface area contributed by atoms with Gasteiger partial charge in [-0.2, -0.15) is 5.26 Å². The number of nitriles is 1. The van der Waals surface area contributed by atoms with Gasteiger partial charge >= 0.3 is 0 Å². The summed E-state index contributed by atoms with van der Waals surface area (Å²) in [4.78, 5) is 10.0. The molecule has 0 fully saturated rings. The summed E-state index contributed by atoms with van der Waals surface area (Å²) >= 11 is 0. The minimum absolute atomic E-state index is 0.391. The highest BCUT2D eigenvalue weighted by molar-refractivity contribution is 5.59. The third kappa shape index (κ3) is 2.32. The maximum Gasteiger partial charge on any atom is 0.151 e. The molecular weight excluding hydrogens is 214 g/mol. The summed E-state index contributed by atoms with van der Waals surface area (Å²) in [6.07, 6.45) is 3.11. The highest BCUT2D eigenvalue weighted by atomic mass is 15.2. The number of nitrogens with two attached hydrogens (primary N) is 1. The van der Waals surface area contributed by atoms with Crippen molar-refractivity contribution >= 4 is 17.3 Å². The molecule has 0 saturated heterocycles. The van der Waals surface area contributed by atoms with Gasteiger partial charge in [-0.05, 0) is 24.3 Å². The standard InChI is InChI=1S/C12H11N5/c1-17(12-8-15-11(14)7-16-12)10-4-2-9(6-13)3-5-10/h2-5,7-8H,1H3,(H2,14,15). The van der Waals surface area contributed by atoms with Gasteiger partial charge in [-0.3, -0.25) is 0 Å². The Hall–Kier alpha value is -2.61. The fourth-order valence-corrected chi connectivity index (χ4v) is 1.40. The van der Waals surface area contributed by atoms with Gasteiger partial charge in [-0.1, -0.05) is 0 Å². The average Bonchev–Trinajstić information content (AvgIpc) is 2.39. The first-order valence-electron chi connectivity index (χ1n) is 5.02. The molecule has 5 heteroatoms. The summed E-state index contributed by atoms with van der Waals surface area (Å²) in [6, 6.07) is 9.31. The lowest BCUT2D eigenvalue weighted by molar-refractivity contribution is 1.09. The first-order chi connectivity index (χ1) is 8.20. The van der Waals surface area contributed by atoms with Gasteiger partial charge in [-0.25, -0.2) is 9.97 Å². The average molecular weight is 225 g/mol. The van der Waals surface area contributed by atoms with Gasteiger partial charge in [0, 0.05) is 12.7 Å². The maximum atomic E-state index is 8.71. The van der Waals surface area contributed by atoms with Crippen LogP contribution in [0, 0.1) is 11.3 Å². The van der Waals surface area contributed by atoms with E-state index in [0.29, 0.717) is 17.2 Å². The molecule has 2 aromatic rings. The van der Waals surface area contributed by atoms with E-state index in [1.54, 1.807) is 18.3 Å². The number of anilines is 3. The normalized spacial score (nSPS) is 9.65. The van der Waals surface area contributed by atoms with Crippen LogP contribution in [-0.2, 0) is 0 Å². The highest BCUT2D eigenvalue weighted by Gasteiger charge is 2.05. The second kappa shape index (κ2) is 4.49. The van der Waals surface area contributed by atoms with Gasteiger partial charge in [0.1, 0.15) is 5.82 Å². The molecule has 2 rings (SSSR count). The predicted molar refractivity (Wildman–Crippen MR) is 65.7 cm³/mol. The summed E-state index contributed by atoms with van der Waals surface area (Å²) in [5.74, 6) is 1.09. The van der Waals surface area contributed by atoms with E-state index in [1.807, 2.05) is 24.1 Å². The summed E-state index contributed by atoms with van der Waals surface area (Å²) in [5.41, 5.74) is 7.04. The second-order valence-corrected chi connectivity index (χ2v) is 3.52. The molecule has 0 bridgehead atoms. The van der Waals surface area contributed by atoms with E-state index in [4.69, 9.17) is 11.0 Å². The summed E-state index contributed by atoms with van der Waals surface area (Å²) < 4.78 is 0. The molecule has 0 aliphatic carbocycles. The molecule has 0 atom stereocenters. The van der Waals surface area contributed by atoms with Crippen molar-refractivity contribution in [2.75, 3.05) is 17.7 Å². The zero-order valence-corrected chi connectivity index (χ0v) is 9.33. The van der Waals surface area contributed by atoms with Crippen LogP contribution in [0.3, 0.4) is 0 Å². The Balaban J connectivity index is 2.27. The molecule has 0 radical (unpaired) electrons. The van der Waals surface area contributed by atoms with Crippen molar-refractivity contribution in [1.29, 1.82) is 5.26 Å². The van der Waals surface area contributed by atoms with E-state index in [1.165, 1.54) is 6.20 Å². The first kappa shape index (κ1) is 10.9. The molecule has 5 nitrogen and oxygen atoms in total. The molecule has 84 valence electrons. The van der Waals surface area contributed by atoms with Crippen molar-refractivity contribution in [3.8, 4) is 6.07 Å². The summed E-state index contributed by atoms with van der Waals surface area (Å²) in [5, 5.41) is 8.71. The lowest BCUT2D eigenvalue weighted by atomic mass is 10.2. The van der Waals surface area contributed by atoms with Crippen LogP contribution in [0.5, 0.6) is 0 Å². The van der Waals surface area contributed by atoms with E-state index >= 15 is 0 Å². The Morgan fingerprint density at radius 2 is 1.88 bits per heavy atom. The summed E-state index contributed by atoms with van der Waals surface area (Å²) in [6.45, 7) is 0. The molecule has 1 aromatic heterocycles. The molecule has 0 spiro atoms.